The third kappa shape index (κ3) is 6.53. The fourth-order valence-corrected chi connectivity index (χ4v) is 3.12. The molecule has 0 saturated heterocycles. The van der Waals surface area contributed by atoms with Gasteiger partial charge in [-0.2, -0.15) is 0 Å². The number of hydrogen-bond acceptors (Lipinski definition) is 2. The summed E-state index contributed by atoms with van der Waals surface area (Å²) >= 11 is 17.0. The lowest BCUT2D eigenvalue weighted by molar-refractivity contribution is 0.0709. The van der Waals surface area contributed by atoms with Gasteiger partial charge in [0.15, 0.2) is 0 Å². The van der Waals surface area contributed by atoms with E-state index in [1.165, 1.54) is 0 Å². The van der Waals surface area contributed by atoms with Gasteiger partial charge < -0.3 is 4.74 Å². The summed E-state index contributed by atoms with van der Waals surface area (Å²) in [5.41, 5.74) is -0.456. The van der Waals surface area contributed by atoms with Crippen LogP contribution < -0.4 is 0 Å². The maximum Gasteiger partial charge on any atom is 0.280 e. The molecule has 0 aliphatic rings. The summed E-state index contributed by atoms with van der Waals surface area (Å²) in [6, 6.07) is 0. The molecule has 0 heterocycles. The Bertz CT molecular complexity index is 195. The molecule has 0 bridgehead atoms. The Morgan fingerprint density at radius 1 is 1.21 bits per heavy atom. The van der Waals surface area contributed by atoms with Gasteiger partial charge in [0, 0.05) is 0 Å². The van der Waals surface area contributed by atoms with Crippen LogP contribution in [-0.2, 0) is 9.30 Å². The highest BCUT2D eigenvalue weighted by atomic mass is 35.9. The zero-order valence-corrected chi connectivity index (χ0v) is 11.5. The maximum atomic E-state index is 11.4. The number of ether oxygens (including phenoxy) is 1. The first-order valence-electron chi connectivity index (χ1n) is 4.70. The molecule has 0 aromatic carbocycles. The molecule has 0 aliphatic carbocycles. The van der Waals surface area contributed by atoms with Gasteiger partial charge in [-0.25, -0.2) is 0 Å². The SMILES string of the molecule is CCCC(Cl)OC(CCC)P(=O)(Cl)Cl. The fourth-order valence-electron chi connectivity index (χ4n) is 1.00. The molecule has 2 unspecified atom stereocenters. The molecular weight excluding hydrogens is 265 g/mol. The minimum atomic E-state index is -3.23. The Labute approximate surface area is 100 Å². The molecule has 14 heavy (non-hydrogen) atoms. The summed E-state index contributed by atoms with van der Waals surface area (Å²) in [7, 11) is 0. The molecule has 0 N–H and O–H groups in total. The van der Waals surface area contributed by atoms with Gasteiger partial charge in [0.2, 0.25) is 0 Å². The van der Waals surface area contributed by atoms with Crippen molar-refractivity contribution in [3.63, 3.8) is 0 Å². The first-order chi connectivity index (χ1) is 6.41. The van der Waals surface area contributed by atoms with Gasteiger partial charge in [0.25, 0.3) is 5.85 Å². The van der Waals surface area contributed by atoms with Crippen molar-refractivity contribution in [2.45, 2.75) is 50.9 Å². The molecule has 0 aromatic heterocycles. The first kappa shape index (κ1) is 15.1. The molecule has 2 atom stereocenters. The topological polar surface area (TPSA) is 26.3 Å². The van der Waals surface area contributed by atoms with E-state index in [0.717, 1.165) is 12.8 Å². The lowest BCUT2D eigenvalue weighted by Gasteiger charge is -2.20. The van der Waals surface area contributed by atoms with E-state index in [1.807, 2.05) is 13.8 Å². The van der Waals surface area contributed by atoms with Crippen LogP contribution in [0.3, 0.4) is 0 Å². The van der Waals surface area contributed by atoms with Crippen molar-refractivity contribution in [1.29, 1.82) is 0 Å². The largest absolute Gasteiger partial charge is 0.349 e. The third-order valence-corrected chi connectivity index (χ3v) is 4.37. The summed E-state index contributed by atoms with van der Waals surface area (Å²) in [6.07, 6.45) is 2.98. The van der Waals surface area contributed by atoms with E-state index in [2.05, 4.69) is 0 Å². The van der Waals surface area contributed by atoms with E-state index in [4.69, 9.17) is 38.8 Å². The van der Waals surface area contributed by atoms with Crippen LogP contribution in [0.4, 0.5) is 0 Å². The van der Waals surface area contributed by atoms with Gasteiger partial charge in [0.05, 0.1) is 0 Å². The van der Waals surface area contributed by atoms with Crippen LogP contribution in [0.5, 0.6) is 0 Å². The summed E-state index contributed by atoms with van der Waals surface area (Å²) in [4.78, 5) is 0. The van der Waals surface area contributed by atoms with Crippen LogP contribution >= 0.6 is 39.9 Å². The number of hydrogen-bond donors (Lipinski definition) is 0. The normalized spacial score (nSPS) is 16.6. The lowest BCUT2D eigenvalue weighted by atomic mass is 10.3. The third-order valence-electron chi connectivity index (χ3n) is 1.69. The molecule has 0 spiro atoms. The Kier molecular flexibility index (Phi) is 7.91. The number of rotatable bonds is 7. The standard InChI is InChI=1S/C8H16Cl3O2P/c1-3-5-7(9)13-8(6-4-2)14(10,11)12/h7-8H,3-6H2,1-2H3. The van der Waals surface area contributed by atoms with Crippen molar-refractivity contribution in [3.05, 3.63) is 0 Å². The van der Waals surface area contributed by atoms with Crippen molar-refractivity contribution in [3.8, 4) is 0 Å². The molecular formula is C8H16Cl3O2P. The van der Waals surface area contributed by atoms with Crippen LogP contribution in [0.15, 0.2) is 0 Å². The van der Waals surface area contributed by atoms with Gasteiger partial charge in [-0.15, -0.1) is 0 Å². The van der Waals surface area contributed by atoms with Crippen molar-refractivity contribution < 1.29 is 9.30 Å². The smallest absolute Gasteiger partial charge is 0.280 e. The highest BCUT2D eigenvalue weighted by Gasteiger charge is 2.30. The predicted molar refractivity (Wildman–Crippen MR) is 63.6 cm³/mol. The number of halogens is 3. The summed E-state index contributed by atoms with van der Waals surface area (Å²) in [5, 5.41) is 0. The van der Waals surface area contributed by atoms with Crippen LogP contribution in [0.25, 0.3) is 0 Å². The minimum absolute atomic E-state index is 0.456. The molecule has 6 heteroatoms. The minimum Gasteiger partial charge on any atom is -0.349 e. The van der Waals surface area contributed by atoms with Crippen molar-refractivity contribution >= 4 is 39.9 Å². The molecule has 0 amide bonds. The van der Waals surface area contributed by atoms with E-state index in [0.29, 0.717) is 12.8 Å². The summed E-state index contributed by atoms with van der Waals surface area (Å²) in [5.74, 6) is -3.87. The zero-order valence-electron chi connectivity index (χ0n) is 8.38. The molecule has 0 aromatic rings. The first-order valence-corrected chi connectivity index (χ1v) is 8.72. The van der Waals surface area contributed by atoms with Gasteiger partial charge in [-0.05, 0) is 35.3 Å². The average Bonchev–Trinajstić information content (AvgIpc) is 2.02. The Balaban J connectivity index is 4.16. The van der Waals surface area contributed by atoms with Gasteiger partial charge >= 0.3 is 0 Å². The highest BCUT2D eigenvalue weighted by Crippen LogP contribution is 2.62. The van der Waals surface area contributed by atoms with Gasteiger partial charge in [-0.3, -0.25) is 4.57 Å². The zero-order chi connectivity index (χ0) is 11.2. The Morgan fingerprint density at radius 3 is 2.07 bits per heavy atom. The van der Waals surface area contributed by atoms with E-state index in [-0.39, 0.29) is 0 Å². The second kappa shape index (κ2) is 7.35. The van der Waals surface area contributed by atoms with E-state index >= 15 is 0 Å². The van der Waals surface area contributed by atoms with Gasteiger partial charge in [-0.1, -0.05) is 38.3 Å². The molecule has 0 aliphatic heterocycles. The fraction of sp³-hybridized carbons (Fsp3) is 1.00. The van der Waals surface area contributed by atoms with E-state index in [1.54, 1.807) is 0 Å². The average molecular weight is 282 g/mol. The summed E-state index contributed by atoms with van der Waals surface area (Å²) in [6.45, 7) is 3.94. The van der Waals surface area contributed by atoms with Crippen molar-refractivity contribution in [2.24, 2.45) is 0 Å². The van der Waals surface area contributed by atoms with Crippen molar-refractivity contribution in [1.82, 2.24) is 0 Å². The van der Waals surface area contributed by atoms with E-state index < -0.39 is 17.3 Å². The number of alkyl halides is 1. The Hall–Kier alpha value is 1.06. The molecule has 0 fully saturated rings. The van der Waals surface area contributed by atoms with Crippen LogP contribution in [0, 0.1) is 0 Å². The predicted octanol–water partition coefficient (Wildman–Crippen LogP) is 5.16. The quantitative estimate of drug-likeness (QED) is 0.475. The Morgan fingerprint density at radius 2 is 1.71 bits per heavy atom. The van der Waals surface area contributed by atoms with Crippen LogP contribution in [0.2, 0.25) is 0 Å². The molecule has 0 radical (unpaired) electrons. The monoisotopic (exact) mass is 280 g/mol. The summed E-state index contributed by atoms with van der Waals surface area (Å²) < 4.78 is 16.7. The molecule has 0 saturated carbocycles. The second-order valence-electron chi connectivity index (χ2n) is 3.08. The maximum absolute atomic E-state index is 11.4. The molecule has 0 rings (SSSR count). The second-order valence-corrected chi connectivity index (χ2v) is 8.68. The van der Waals surface area contributed by atoms with E-state index in [9.17, 15) is 4.57 Å². The van der Waals surface area contributed by atoms with Crippen molar-refractivity contribution in [2.75, 3.05) is 0 Å². The highest BCUT2D eigenvalue weighted by molar-refractivity contribution is 8.08. The van der Waals surface area contributed by atoms with Crippen LogP contribution in [-0.4, -0.2) is 11.4 Å². The molecule has 2 nitrogen and oxygen atoms in total. The molecule has 86 valence electrons. The van der Waals surface area contributed by atoms with Crippen LogP contribution in [0.1, 0.15) is 39.5 Å². The van der Waals surface area contributed by atoms with Gasteiger partial charge in [0.1, 0.15) is 11.4 Å². The lowest BCUT2D eigenvalue weighted by Crippen LogP contribution is -2.15.